The first-order valence-corrected chi connectivity index (χ1v) is 9.28. The van der Waals surface area contributed by atoms with Crippen molar-refractivity contribution < 1.29 is 14.6 Å². The van der Waals surface area contributed by atoms with Crippen LogP contribution in [0.5, 0.6) is 0 Å². The lowest BCUT2D eigenvalue weighted by molar-refractivity contribution is -0.123. The second-order valence-corrected chi connectivity index (χ2v) is 6.91. The average molecular weight is 349 g/mol. The van der Waals surface area contributed by atoms with Crippen LogP contribution in [-0.2, 0) is 16.1 Å². The van der Waals surface area contributed by atoms with Crippen molar-refractivity contribution in [1.29, 1.82) is 0 Å². The Morgan fingerprint density at radius 2 is 2.25 bits per heavy atom. The van der Waals surface area contributed by atoms with E-state index in [0.717, 1.165) is 23.4 Å². The molecule has 2 aromatic rings. The van der Waals surface area contributed by atoms with E-state index < -0.39 is 0 Å². The first-order chi connectivity index (χ1) is 11.8. The number of hydrogen-bond acceptors (Lipinski definition) is 5. The van der Waals surface area contributed by atoms with E-state index in [9.17, 15) is 9.90 Å². The lowest BCUT2D eigenvalue weighted by Crippen LogP contribution is -2.25. The van der Waals surface area contributed by atoms with Gasteiger partial charge in [0.25, 0.3) is 5.91 Å². The number of amides is 1. The number of carbonyl (C=O) groups excluding carboxylic acids is 1. The van der Waals surface area contributed by atoms with Crippen LogP contribution >= 0.6 is 11.3 Å². The summed E-state index contributed by atoms with van der Waals surface area (Å²) in [6.45, 7) is 0.362. The molecule has 0 radical (unpaired) electrons. The molecule has 2 aromatic heterocycles. The van der Waals surface area contributed by atoms with E-state index in [0.29, 0.717) is 12.4 Å². The molecule has 1 fully saturated rings. The first kappa shape index (κ1) is 17.1. The van der Waals surface area contributed by atoms with Gasteiger partial charge in [0.05, 0.1) is 24.1 Å². The molecule has 0 spiro atoms. The maximum atomic E-state index is 12.2. The molecule has 1 aliphatic carbocycles. The van der Waals surface area contributed by atoms with Crippen molar-refractivity contribution in [3.05, 3.63) is 23.6 Å². The molecular formula is C17H23N3O3S. The van der Waals surface area contributed by atoms with Gasteiger partial charge in [-0.1, -0.05) is 25.3 Å². The van der Waals surface area contributed by atoms with Gasteiger partial charge >= 0.3 is 0 Å². The van der Waals surface area contributed by atoms with Crippen LogP contribution in [0, 0.1) is 0 Å². The fraction of sp³-hybridized carbons (Fsp3) is 0.529. The fourth-order valence-corrected chi connectivity index (χ4v) is 3.61. The van der Waals surface area contributed by atoms with Crippen molar-refractivity contribution in [1.82, 2.24) is 9.78 Å². The molecule has 1 amide bonds. The largest absolute Gasteiger partial charge is 0.394 e. The summed E-state index contributed by atoms with van der Waals surface area (Å²) in [5.41, 5.74) is 0.793. The van der Waals surface area contributed by atoms with Gasteiger partial charge in [0.15, 0.2) is 0 Å². The molecule has 7 heteroatoms. The van der Waals surface area contributed by atoms with Crippen molar-refractivity contribution in [2.75, 3.05) is 18.5 Å². The number of aliphatic hydroxyl groups excluding tert-OH is 1. The molecule has 0 atom stereocenters. The second-order valence-electron chi connectivity index (χ2n) is 5.96. The summed E-state index contributed by atoms with van der Waals surface area (Å²) in [6.07, 6.45) is 5.90. The highest BCUT2D eigenvalue weighted by molar-refractivity contribution is 7.13. The van der Waals surface area contributed by atoms with Crippen LogP contribution in [-0.4, -0.2) is 40.1 Å². The summed E-state index contributed by atoms with van der Waals surface area (Å²) in [5.74, 6) is 0.405. The predicted molar refractivity (Wildman–Crippen MR) is 94.1 cm³/mol. The number of carbonyl (C=O) groups is 1. The molecule has 1 saturated carbocycles. The molecule has 0 aliphatic heterocycles. The van der Waals surface area contributed by atoms with Crippen LogP contribution in [0.3, 0.4) is 0 Å². The van der Waals surface area contributed by atoms with Crippen LogP contribution in [0.1, 0.15) is 32.1 Å². The van der Waals surface area contributed by atoms with E-state index in [1.165, 1.54) is 19.3 Å². The third-order valence-electron chi connectivity index (χ3n) is 4.14. The maximum Gasteiger partial charge on any atom is 0.251 e. The molecule has 1 aliphatic rings. The van der Waals surface area contributed by atoms with Crippen LogP contribution in [0.2, 0.25) is 0 Å². The third-order valence-corrected chi connectivity index (χ3v) is 5.03. The number of rotatable bonds is 7. The normalized spacial score (nSPS) is 15.5. The third kappa shape index (κ3) is 4.43. The lowest BCUT2D eigenvalue weighted by atomic mass is 9.98. The van der Waals surface area contributed by atoms with Gasteiger partial charge in [-0.15, -0.1) is 11.3 Å². The standard InChI is InChI=1S/C17H23N3O3S/c21-9-8-20-16(11-14(19-20)15-7-4-10-24-15)18-17(22)12-23-13-5-2-1-3-6-13/h4,7,10-11,13,21H,1-3,5-6,8-9,12H2,(H,18,22). The van der Waals surface area contributed by atoms with Gasteiger partial charge in [-0.05, 0) is 24.3 Å². The molecule has 130 valence electrons. The number of aromatic nitrogens is 2. The van der Waals surface area contributed by atoms with Crippen molar-refractivity contribution in [3.8, 4) is 10.6 Å². The zero-order valence-corrected chi connectivity index (χ0v) is 14.4. The van der Waals surface area contributed by atoms with Gasteiger partial charge in [-0.2, -0.15) is 5.10 Å². The summed E-state index contributed by atoms with van der Waals surface area (Å²) in [6, 6.07) is 5.77. The number of nitrogens with one attached hydrogen (secondary N) is 1. The van der Waals surface area contributed by atoms with Crippen molar-refractivity contribution in [2.45, 2.75) is 44.8 Å². The minimum absolute atomic E-state index is 0.0347. The van der Waals surface area contributed by atoms with Crippen molar-refractivity contribution >= 4 is 23.1 Å². The number of aliphatic hydroxyl groups is 1. The summed E-state index contributed by atoms with van der Waals surface area (Å²) in [5, 5.41) is 18.5. The highest BCUT2D eigenvalue weighted by Crippen LogP contribution is 2.26. The van der Waals surface area contributed by atoms with Crippen LogP contribution < -0.4 is 5.32 Å². The van der Waals surface area contributed by atoms with E-state index >= 15 is 0 Å². The van der Waals surface area contributed by atoms with Crippen molar-refractivity contribution in [2.24, 2.45) is 0 Å². The van der Waals surface area contributed by atoms with Gasteiger partial charge in [-0.3, -0.25) is 4.79 Å². The molecular weight excluding hydrogens is 326 g/mol. The topological polar surface area (TPSA) is 76.4 Å². The highest BCUT2D eigenvalue weighted by atomic mass is 32.1. The monoisotopic (exact) mass is 349 g/mol. The summed E-state index contributed by atoms with van der Waals surface area (Å²) >= 11 is 1.59. The number of nitrogens with zero attached hydrogens (tertiary/aromatic N) is 2. The Morgan fingerprint density at radius 1 is 1.42 bits per heavy atom. The Balaban J connectivity index is 1.61. The quantitative estimate of drug-likeness (QED) is 0.806. The van der Waals surface area contributed by atoms with E-state index in [2.05, 4.69) is 10.4 Å². The molecule has 2 N–H and O–H groups in total. The molecule has 0 aromatic carbocycles. The number of anilines is 1. The number of ether oxygens (including phenoxy) is 1. The zero-order valence-electron chi connectivity index (χ0n) is 13.6. The molecule has 0 bridgehead atoms. The lowest BCUT2D eigenvalue weighted by Gasteiger charge is -2.21. The minimum Gasteiger partial charge on any atom is -0.394 e. The van der Waals surface area contributed by atoms with E-state index in [4.69, 9.17) is 4.74 Å². The zero-order chi connectivity index (χ0) is 16.8. The van der Waals surface area contributed by atoms with Crippen LogP contribution in [0.15, 0.2) is 23.6 Å². The Hall–Kier alpha value is -1.70. The van der Waals surface area contributed by atoms with Crippen LogP contribution in [0.4, 0.5) is 5.82 Å². The Labute approximate surface area is 145 Å². The summed E-state index contributed by atoms with van der Waals surface area (Å²) in [7, 11) is 0. The fourth-order valence-electron chi connectivity index (χ4n) is 2.93. The van der Waals surface area contributed by atoms with E-state index in [1.54, 1.807) is 16.0 Å². The van der Waals surface area contributed by atoms with E-state index in [-0.39, 0.29) is 25.2 Å². The Morgan fingerprint density at radius 3 is 2.96 bits per heavy atom. The van der Waals surface area contributed by atoms with Crippen LogP contribution in [0.25, 0.3) is 10.6 Å². The molecule has 0 saturated heterocycles. The molecule has 2 heterocycles. The van der Waals surface area contributed by atoms with Gasteiger partial charge in [-0.25, -0.2) is 4.68 Å². The van der Waals surface area contributed by atoms with Gasteiger partial charge in [0.2, 0.25) is 0 Å². The molecule has 6 nitrogen and oxygen atoms in total. The Bertz CT molecular complexity index is 648. The van der Waals surface area contributed by atoms with Gasteiger partial charge in [0, 0.05) is 6.07 Å². The smallest absolute Gasteiger partial charge is 0.251 e. The van der Waals surface area contributed by atoms with Gasteiger partial charge in [0.1, 0.15) is 18.1 Å². The second kappa shape index (κ2) is 8.41. The predicted octanol–water partition coefficient (Wildman–Crippen LogP) is 2.89. The summed E-state index contributed by atoms with van der Waals surface area (Å²) < 4.78 is 7.33. The number of thiophene rings is 1. The molecule has 3 rings (SSSR count). The summed E-state index contributed by atoms with van der Waals surface area (Å²) in [4.78, 5) is 13.2. The minimum atomic E-state index is -0.183. The molecule has 0 unspecified atom stereocenters. The SMILES string of the molecule is O=C(COC1CCCCC1)Nc1cc(-c2cccs2)nn1CCO. The Kier molecular flexibility index (Phi) is 6.01. The average Bonchev–Trinajstić information content (AvgIpc) is 3.25. The number of hydrogen-bond donors (Lipinski definition) is 2. The van der Waals surface area contributed by atoms with Crippen molar-refractivity contribution in [3.63, 3.8) is 0 Å². The maximum absolute atomic E-state index is 12.2. The van der Waals surface area contributed by atoms with E-state index in [1.807, 2.05) is 23.6 Å². The first-order valence-electron chi connectivity index (χ1n) is 8.40. The van der Waals surface area contributed by atoms with Gasteiger partial charge < -0.3 is 15.2 Å². The highest BCUT2D eigenvalue weighted by Gasteiger charge is 2.17. The molecule has 24 heavy (non-hydrogen) atoms.